The molecule has 0 unspecified atom stereocenters. The lowest BCUT2D eigenvalue weighted by Gasteiger charge is -2.48. The Morgan fingerprint density at radius 2 is 1.92 bits per heavy atom. The predicted molar refractivity (Wildman–Crippen MR) is 101 cm³/mol. The highest BCUT2D eigenvalue weighted by Crippen LogP contribution is 2.56. The van der Waals surface area contributed by atoms with Crippen LogP contribution >= 0.6 is 11.3 Å². The molecule has 3 rings (SSSR count). The quantitative estimate of drug-likeness (QED) is 0.709. The van der Waals surface area contributed by atoms with Crippen LogP contribution in [0.2, 0.25) is 0 Å². The smallest absolute Gasteiger partial charge is 0.203 e. The molecule has 26 heavy (non-hydrogen) atoms. The summed E-state index contributed by atoms with van der Waals surface area (Å²) in [6, 6.07) is 8.46. The Labute approximate surface area is 158 Å². The minimum atomic E-state index is -1.60. The highest BCUT2D eigenvalue weighted by Gasteiger charge is 2.57. The number of rotatable bonds is 1. The van der Waals surface area contributed by atoms with Gasteiger partial charge in [0.05, 0.1) is 29.8 Å². The molecule has 0 amide bonds. The Morgan fingerprint density at radius 3 is 2.42 bits per heavy atom. The predicted octanol–water partition coefficient (Wildman–Crippen LogP) is 5.04. The molecular formula is C21H22N4S. The summed E-state index contributed by atoms with van der Waals surface area (Å²) in [6.45, 7) is 6.64. The number of nitriles is 3. The molecule has 4 nitrogen and oxygen atoms in total. The average Bonchev–Trinajstić information content (AvgIpc) is 3.14. The fraction of sp³-hybridized carbons (Fsp3) is 0.524. The monoisotopic (exact) mass is 362 g/mol. The van der Waals surface area contributed by atoms with E-state index in [2.05, 4.69) is 39.0 Å². The maximum absolute atomic E-state index is 9.85. The van der Waals surface area contributed by atoms with Crippen LogP contribution in [0, 0.1) is 68.0 Å². The zero-order valence-corrected chi connectivity index (χ0v) is 16.1. The maximum Gasteiger partial charge on any atom is 0.203 e. The lowest BCUT2D eigenvalue weighted by atomic mass is 9.52. The highest BCUT2D eigenvalue weighted by atomic mass is 32.1. The first kappa shape index (κ1) is 18.4. The van der Waals surface area contributed by atoms with Gasteiger partial charge >= 0.3 is 0 Å². The van der Waals surface area contributed by atoms with Crippen molar-refractivity contribution >= 4 is 17.0 Å². The molecule has 2 aliphatic carbocycles. The molecule has 0 saturated heterocycles. The maximum atomic E-state index is 9.85. The van der Waals surface area contributed by atoms with E-state index in [1.807, 2.05) is 22.9 Å². The van der Waals surface area contributed by atoms with Gasteiger partial charge in [0.15, 0.2) is 0 Å². The average molecular weight is 363 g/mol. The first-order valence-corrected chi connectivity index (χ1v) is 9.78. The van der Waals surface area contributed by atoms with Crippen molar-refractivity contribution in [3.63, 3.8) is 0 Å². The van der Waals surface area contributed by atoms with Gasteiger partial charge in [-0.2, -0.15) is 27.1 Å². The van der Waals surface area contributed by atoms with Crippen LogP contribution in [0.4, 0.5) is 0 Å². The summed E-state index contributed by atoms with van der Waals surface area (Å²) in [6.07, 6.45) is 3.67. The van der Waals surface area contributed by atoms with E-state index in [0.29, 0.717) is 5.92 Å². The van der Waals surface area contributed by atoms with E-state index in [1.54, 1.807) is 11.3 Å². The normalized spacial score (nSPS) is 30.3. The third-order valence-corrected chi connectivity index (χ3v) is 6.83. The molecule has 132 valence electrons. The number of hydrogen-bond donors (Lipinski definition) is 1. The fourth-order valence-electron chi connectivity index (χ4n) is 4.54. The van der Waals surface area contributed by atoms with E-state index in [1.165, 1.54) is 0 Å². The summed E-state index contributed by atoms with van der Waals surface area (Å²) < 4.78 is 0. The fourth-order valence-corrected chi connectivity index (χ4v) is 5.25. The Morgan fingerprint density at radius 1 is 1.23 bits per heavy atom. The number of allylic oxidation sites excluding steroid dienone is 2. The van der Waals surface area contributed by atoms with Gasteiger partial charge in [0, 0.05) is 5.92 Å². The Bertz CT molecular complexity index is 853. The lowest BCUT2D eigenvalue weighted by Crippen LogP contribution is -2.49. The molecule has 0 bridgehead atoms. The van der Waals surface area contributed by atoms with Gasteiger partial charge in [0.2, 0.25) is 5.41 Å². The van der Waals surface area contributed by atoms with Gasteiger partial charge in [-0.15, -0.1) is 0 Å². The summed E-state index contributed by atoms with van der Waals surface area (Å²) >= 11 is 1.57. The number of thiophene rings is 1. The number of hydrogen-bond acceptors (Lipinski definition) is 5. The SMILES string of the molecule is CC(C)(C)[C@@H]1CC=C2[C@H](C1)[C@@H](c1ccsc1)[C@H](C#N)C(=N)C2(C#N)C#N. The number of fused-ring (bicyclic) bond motifs is 1. The third kappa shape index (κ3) is 2.57. The van der Waals surface area contributed by atoms with Crippen molar-refractivity contribution in [3.05, 3.63) is 34.0 Å². The van der Waals surface area contributed by atoms with Gasteiger partial charge in [0.1, 0.15) is 0 Å². The van der Waals surface area contributed by atoms with Crippen LogP contribution in [0.25, 0.3) is 0 Å². The van der Waals surface area contributed by atoms with Crippen molar-refractivity contribution in [2.45, 2.75) is 39.5 Å². The van der Waals surface area contributed by atoms with Crippen molar-refractivity contribution in [3.8, 4) is 18.2 Å². The number of nitrogens with one attached hydrogen (secondary N) is 1. The molecule has 0 aliphatic heterocycles. The highest BCUT2D eigenvalue weighted by molar-refractivity contribution is 7.08. The zero-order chi connectivity index (χ0) is 19.1. The van der Waals surface area contributed by atoms with Gasteiger partial charge in [-0.05, 0) is 58.1 Å². The first-order chi connectivity index (χ1) is 12.3. The van der Waals surface area contributed by atoms with Crippen LogP contribution in [0.3, 0.4) is 0 Å². The standard InChI is InChI=1S/C21H22N4S/c1-20(2,3)14-4-5-17-15(8-14)18(13-6-7-26-10-13)16(9-22)19(25)21(17,11-23)12-24/h5-7,10,14-16,18,25H,4,8H2,1-3H3/t14-,15+,16+,18-/m1/s1. The molecule has 4 atom stereocenters. The number of nitrogens with zero attached hydrogens (tertiary/aromatic N) is 3. The van der Waals surface area contributed by atoms with Gasteiger partial charge < -0.3 is 5.41 Å². The van der Waals surface area contributed by atoms with E-state index in [0.717, 1.165) is 24.0 Å². The first-order valence-electron chi connectivity index (χ1n) is 8.83. The molecule has 5 heteroatoms. The van der Waals surface area contributed by atoms with Crippen LogP contribution in [-0.2, 0) is 0 Å². The molecular weight excluding hydrogens is 340 g/mol. The minimum absolute atomic E-state index is 0.0550. The second kappa shape index (κ2) is 6.39. The summed E-state index contributed by atoms with van der Waals surface area (Å²) in [5.74, 6) is -0.547. The van der Waals surface area contributed by atoms with Crippen LogP contribution in [0.5, 0.6) is 0 Å². The Kier molecular flexibility index (Phi) is 4.51. The van der Waals surface area contributed by atoms with Crippen LogP contribution in [-0.4, -0.2) is 5.71 Å². The van der Waals surface area contributed by atoms with Gasteiger partial charge in [-0.1, -0.05) is 26.8 Å². The van der Waals surface area contributed by atoms with Gasteiger partial charge in [-0.3, -0.25) is 0 Å². The summed E-state index contributed by atoms with van der Waals surface area (Å²) in [5.41, 5.74) is 0.242. The third-order valence-electron chi connectivity index (χ3n) is 6.13. The second-order valence-electron chi connectivity index (χ2n) is 8.38. The second-order valence-corrected chi connectivity index (χ2v) is 9.16. The van der Waals surface area contributed by atoms with Crippen LogP contribution in [0.1, 0.15) is 45.1 Å². The molecule has 0 aromatic carbocycles. The topological polar surface area (TPSA) is 95.2 Å². The Hall–Kier alpha value is -2.42. The lowest BCUT2D eigenvalue weighted by molar-refractivity contribution is 0.171. The van der Waals surface area contributed by atoms with E-state index in [4.69, 9.17) is 5.41 Å². The molecule has 0 radical (unpaired) electrons. The van der Waals surface area contributed by atoms with E-state index < -0.39 is 11.3 Å². The van der Waals surface area contributed by atoms with Crippen LogP contribution < -0.4 is 0 Å². The van der Waals surface area contributed by atoms with E-state index in [-0.39, 0.29) is 23.0 Å². The summed E-state index contributed by atoms with van der Waals surface area (Å²) in [5, 5.41) is 42.1. The molecule has 1 saturated carbocycles. The largest absolute Gasteiger partial charge is 0.305 e. The van der Waals surface area contributed by atoms with Gasteiger partial charge in [-0.25, -0.2) is 0 Å². The van der Waals surface area contributed by atoms with Crippen molar-refractivity contribution in [2.75, 3.05) is 0 Å². The molecule has 1 aromatic heterocycles. The molecule has 1 aromatic rings. The van der Waals surface area contributed by atoms with Crippen molar-refractivity contribution in [1.82, 2.24) is 0 Å². The summed E-state index contributed by atoms with van der Waals surface area (Å²) in [4.78, 5) is 0. The zero-order valence-electron chi connectivity index (χ0n) is 15.3. The molecule has 1 heterocycles. The van der Waals surface area contributed by atoms with Crippen LogP contribution in [0.15, 0.2) is 28.5 Å². The molecule has 0 spiro atoms. The minimum Gasteiger partial charge on any atom is -0.305 e. The molecule has 1 N–H and O–H groups in total. The summed E-state index contributed by atoms with van der Waals surface area (Å²) in [7, 11) is 0. The van der Waals surface area contributed by atoms with Crippen molar-refractivity contribution in [1.29, 1.82) is 21.2 Å². The molecule has 2 aliphatic rings. The Balaban J connectivity index is 2.21. The van der Waals surface area contributed by atoms with Gasteiger partial charge in [0.25, 0.3) is 0 Å². The van der Waals surface area contributed by atoms with Crippen molar-refractivity contribution < 1.29 is 0 Å². The van der Waals surface area contributed by atoms with E-state index >= 15 is 0 Å². The van der Waals surface area contributed by atoms with Crippen molar-refractivity contribution in [2.24, 2.45) is 28.6 Å². The molecule has 1 fully saturated rings. The van der Waals surface area contributed by atoms with E-state index in [9.17, 15) is 15.8 Å².